The second-order valence-corrected chi connectivity index (χ2v) is 6.25. The summed E-state index contributed by atoms with van der Waals surface area (Å²) >= 11 is 0. The zero-order valence-electron chi connectivity index (χ0n) is 15.0. The Kier molecular flexibility index (Phi) is 5.54. The van der Waals surface area contributed by atoms with Gasteiger partial charge in [0, 0.05) is 12.1 Å². The Morgan fingerprint density at radius 2 is 1.85 bits per heavy atom. The van der Waals surface area contributed by atoms with Gasteiger partial charge in [0.25, 0.3) is 5.91 Å². The highest BCUT2D eigenvalue weighted by atomic mass is 16.5. The summed E-state index contributed by atoms with van der Waals surface area (Å²) < 4.78 is 5.49. The molecule has 0 fully saturated rings. The quantitative estimate of drug-likeness (QED) is 0.707. The van der Waals surface area contributed by atoms with Crippen LogP contribution in [0.5, 0.6) is 5.75 Å². The molecule has 4 heteroatoms. The molecule has 3 rings (SSSR count). The van der Waals surface area contributed by atoms with Crippen LogP contribution >= 0.6 is 0 Å². The topological polar surface area (TPSA) is 58.6 Å². The van der Waals surface area contributed by atoms with Crippen LogP contribution in [0.1, 0.15) is 34.5 Å². The predicted molar refractivity (Wildman–Crippen MR) is 104 cm³/mol. The smallest absolute Gasteiger partial charge is 0.251 e. The summed E-state index contributed by atoms with van der Waals surface area (Å²) in [4.78, 5) is 12.4. The number of carbonyl (C=O) groups is 1. The van der Waals surface area contributed by atoms with Gasteiger partial charge in [-0.2, -0.15) is 0 Å². The van der Waals surface area contributed by atoms with Crippen molar-refractivity contribution in [1.82, 2.24) is 5.32 Å². The largest absolute Gasteiger partial charge is 0.494 e. The highest BCUT2D eigenvalue weighted by Crippen LogP contribution is 2.21. The number of hydrogen-bond acceptors (Lipinski definition) is 3. The lowest BCUT2D eigenvalue weighted by molar-refractivity contribution is 0.0916. The van der Waals surface area contributed by atoms with Crippen LogP contribution in [-0.2, 0) is 0 Å². The van der Waals surface area contributed by atoms with Gasteiger partial charge in [-0.25, -0.2) is 0 Å². The SMILES string of the molecule is CCOc1ccc(C(=O)NCC(O)c2ccc3ccccc3c2)cc1C. The van der Waals surface area contributed by atoms with Gasteiger partial charge in [-0.05, 0) is 60.0 Å². The predicted octanol–water partition coefficient (Wildman–Crippen LogP) is 4.01. The highest BCUT2D eigenvalue weighted by molar-refractivity contribution is 5.94. The van der Waals surface area contributed by atoms with E-state index >= 15 is 0 Å². The van der Waals surface area contributed by atoms with Gasteiger partial charge in [0.2, 0.25) is 0 Å². The number of nitrogens with one attached hydrogen (secondary N) is 1. The molecule has 0 heterocycles. The summed E-state index contributed by atoms with van der Waals surface area (Å²) in [6.45, 7) is 4.58. The molecule has 26 heavy (non-hydrogen) atoms. The van der Waals surface area contributed by atoms with Gasteiger partial charge >= 0.3 is 0 Å². The number of rotatable bonds is 6. The molecule has 3 aromatic rings. The van der Waals surface area contributed by atoms with Crippen LogP contribution in [0.3, 0.4) is 0 Å². The monoisotopic (exact) mass is 349 g/mol. The van der Waals surface area contributed by atoms with Crippen LogP contribution < -0.4 is 10.1 Å². The van der Waals surface area contributed by atoms with E-state index in [9.17, 15) is 9.90 Å². The van der Waals surface area contributed by atoms with Crippen molar-refractivity contribution in [3.63, 3.8) is 0 Å². The Hall–Kier alpha value is -2.85. The maximum Gasteiger partial charge on any atom is 0.251 e. The number of ether oxygens (including phenoxy) is 1. The van der Waals surface area contributed by atoms with E-state index in [1.54, 1.807) is 18.2 Å². The van der Waals surface area contributed by atoms with Gasteiger partial charge in [0.05, 0.1) is 12.7 Å². The summed E-state index contributed by atoms with van der Waals surface area (Å²) in [5.41, 5.74) is 2.25. The van der Waals surface area contributed by atoms with Gasteiger partial charge in [-0.3, -0.25) is 4.79 Å². The molecule has 0 saturated carbocycles. The van der Waals surface area contributed by atoms with E-state index in [1.807, 2.05) is 56.3 Å². The van der Waals surface area contributed by atoms with Crippen molar-refractivity contribution in [3.8, 4) is 5.75 Å². The van der Waals surface area contributed by atoms with E-state index in [2.05, 4.69) is 5.32 Å². The van der Waals surface area contributed by atoms with Crippen molar-refractivity contribution in [1.29, 1.82) is 0 Å². The molecule has 0 aliphatic rings. The maximum atomic E-state index is 12.4. The average molecular weight is 349 g/mol. The van der Waals surface area contributed by atoms with E-state index in [-0.39, 0.29) is 12.5 Å². The first kappa shape index (κ1) is 18.0. The number of aliphatic hydroxyl groups excluding tert-OH is 1. The first-order chi connectivity index (χ1) is 12.6. The van der Waals surface area contributed by atoms with Crippen LogP contribution in [0.2, 0.25) is 0 Å². The van der Waals surface area contributed by atoms with Crippen LogP contribution in [0.25, 0.3) is 10.8 Å². The number of carbonyl (C=O) groups excluding carboxylic acids is 1. The van der Waals surface area contributed by atoms with E-state index in [1.165, 1.54) is 0 Å². The first-order valence-electron chi connectivity index (χ1n) is 8.77. The standard InChI is InChI=1S/C22H23NO3/c1-3-26-21-11-10-19(12-15(21)2)22(25)23-14-20(24)18-9-8-16-6-4-5-7-17(16)13-18/h4-13,20,24H,3,14H2,1-2H3,(H,23,25). The molecular weight excluding hydrogens is 326 g/mol. The van der Waals surface area contributed by atoms with E-state index < -0.39 is 6.10 Å². The molecule has 0 aliphatic carbocycles. The lowest BCUT2D eigenvalue weighted by atomic mass is 10.0. The zero-order valence-corrected chi connectivity index (χ0v) is 15.0. The molecule has 134 valence electrons. The minimum absolute atomic E-state index is 0.156. The summed E-state index contributed by atoms with van der Waals surface area (Å²) in [5.74, 6) is 0.566. The molecular formula is C22H23NO3. The fourth-order valence-electron chi connectivity index (χ4n) is 2.93. The molecule has 0 bridgehead atoms. The zero-order chi connectivity index (χ0) is 18.5. The lowest BCUT2D eigenvalue weighted by Gasteiger charge is -2.14. The van der Waals surface area contributed by atoms with E-state index in [4.69, 9.17) is 4.74 Å². The van der Waals surface area contributed by atoms with Crippen LogP contribution in [0, 0.1) is 6.92 Å². The van der Waals surface area contributed by atoms with E-state index in [0.29, 0.717) is 12.2 Å². The van der Waals surface area contributed by atoms with Crippen LogP contribution in [-0.4, -0.2) is 24.2 Å². The van der Waals surface area contributed by atoms with Gasteiger partial charge in [-0.15, -0.1) is 0 Å². The Balaban J connectivity index is 1.65. The van der Waals surface area contributed by atoms with Crippen molar-refractivity contribution >= 4 is 16.7 Å². The molecule has 0 aliphatic heterocycles. The molecule has 0 saturated heterocycles. The van der Waals surface area contributed by atoms with Crippen molar-refractivity contribution in [2.24, 2.45) is 0 Å². The third-order valence-electron chi connectivity index (χ3n) is 4.35. The number of amides is 1. The Labute approximate surface area is 153 Å². The van der Waals surface area contributed by atoms with Gasteiger partial charge in [-0.1, -0.05) is 36.4 Å². The van der Waals surface area contributed by atoms with Crippen molar-refractivity contribution < 1.29 is 14.6 Å². The molecule has 0 radical (unpaired) electrons. The fraction of sp³-hybridized carbons (Fsp3) is 0.227. The molecule has 1 amide bonds. The van der Waals surface area contributed by atoms with Gasteiger partial charge in [0.15, 0.2) is 0 Å². The molecule has 0 aromatic heterocycles. The number of fused-ring (bicyclic) bond motifs is 1. The van der Waals surface area contributed by atoms with Crippen molar-refractivity contribution in [3.05, 3.63) is 77.4 Å². The minimum Gasteiger partial charge on any atom is -0.494 e. The van der Waals surface area contributed by atoms with Crippen LogP contribution in [0.4, 0.5) is 0 Å². The number of aliphatic hydroxyl groups is 1. The summed E-state index contributed by atoms with van der Waals surface area (Å²) in [6.07, 6.45) is -0.757. The minimum atomic E-state index is -0.757. The van der Waals surface area contributed by atoms with Crippen molar-refractivity contribution in [2.75, 3.05) is 13.2 Å². The molecule has 3 aromatic carbocycles. The van der Waals surface area contributed by atoms with Gasteiger partial charge < -0.3 is 15.2 Å². The summed E-state index contributed by atoms with van der Waals surface area (Å²) in [6, 6.07) is 19.1. The Morgan fingerprint density at radius 3 is 2.58 bits per heavy atom. The molecule has 0 spiro atoms. The lowest BCUT2D eigenvalue weighted by Crippen LogP contribution is -2.28. The number of hydrogen-bond donors (Lipinski definition) is 2. The third kappa shape index (κ3) is 4.03. The first-order valence-corrected chi connectivity index (χ1v) is 8.77. The van der Waals surface area contributed by atoms with Crippen molar-refractivity contribution in [2.45, 2.75) is 20.0 Å². The molecule has 4 nitrogen and oxygen atoms in total. The number of aryl methyl sites for hydroxylation is 1. The maximum absolute atomic E-state index is 12.4. The Bertz CT molecular complexity index is 920. The second kappa shape index (κ2) is 8.02. The normalized spacial score (nSPS) is 12.0. The molecule has 1 atom stereocenters. The summed E-state index contributed by atoms with van der Waals surface area (Å²) in [5, 5.41) is 15.4. The average Bonchev–Trinajstić information content (AvgIpc) is 2.67. The van der Waals surface area contributed by atoms with Crippen LogP contribution in [0.15, 0.2) is 60.7 Å². The molecule has 1 unspecified atom stereocenters. The number of benzene rings is 3. The molecule has 2 N–H and O–H groups in total. The highest BCUT2D eigenvalue weighted by Gasteiger charge is 2.12. The van der Waals surface area contributed by atoms with E-state index in [0.717, 1.165) is 27.6 Å². The third-order valence-corrected chi connectivity index (χ3v) is 4.35. The fourth-order valence-corrected chi connectivity index (χ4v) is 2.93. The van der Waals surface area contributed by atoms with Gasteiger partial charge in [0.1, 0.15) is 5.75 Å². The summed E-state index contributed by atoms with van der Waals surface area (Å²) in [7, 11) is 0. The Morgan fingerprint density at radius 1 is 1.08 bits per heavy atom. The second-order valence-electron chi connectivity index (χ2n) is 6.25.